The lowest BCUT2D eigenvalue weighted by Crippen LogP contribution is -2.34. The zero-order valence-electron chi connectivity index (χ0n) is 18.2. The van der Waals surface area contributed by atoms with Crippen LogP contribution in [0.3, 0.4) is 0 Å². The number of nitrogens with one attached hydrogen (secondary N) is 1. The van der Waals surface area contributed by atoms with Crippen LogP contribution in [0.15, 0.2) is 30.5 Å². The number of carbonyl (C=O) groups excluding carboxylic acids is 4. The van der Waals surface area contributed by atoms with Crippen LogP contribution in [0.5, 0.6) is 0 Å². The summed E-state index contributed by atoms with van der Waals surface area (Å²) < 4.78 is 1.73. The lowest BCUT2D eigenvalue weighted by molar-refractivity contribution is -0.131. The molecule has 3 rings (SSSR count). The molecule has 0 bridgehead atoms. The van der Waals surface area contributed by atoms with Crippen molar-refractivity contribution in [1.29, 1.82) is 0 Å². The molecule has 0 spiro atoms. The summed E-state index contributed by atoms with van der Waals surface area (Å²) in [6.07, 6.45) is 3.66. The largest absolute Gasteiger partial charge is 0.349 e. The van der Waals surface area contributed by atoms with Crippen molar-refractivity contribution in [2.75, 3.05) is 32.7 Å². The summed E-state index contributed by atoms with van der Waals surface area (Å²) in [4.78, 5) is 53.0. The van der Waals surface area contributed by atoms with Crippen LogP contribution in [0.4, 0.5) is 0 Å². The Morgan fingerprint density at radius 1 is 1.13 bits per heavy atom. The Morgan fingerprint density at radius 3 is 2.55 bits per heavy atom. The molecule has 1 aliphatic heterocycles. The summed E-state index contributed by atoms with van der Waals surface area (Å²) in [5, 5.41) is 3.31. The SMILES string of the molecule is CCN(CC)C(=O)Cn1cc(C(=O)C(=O)NCCCN2CCCC2=O)c2ccccc21. The number of ketones is 1. The normalized spacial score (nSPS) is 13.6. The van der Waals surface area contributed by atoms with Crippen molar-refractivity contribution >= 4 is 34.4 Å². The van der Waals surface area contributed by atoms with E-state index in [0.717, 1.165) is 18.5 Å². The van der Waals surface area contributed by atoms with Crippen molar-refractivity contribution in [3.63, 3.8) is 0 Å². The Morgan fingerprint density at radius 2 is 1.87 bits per heavy atom. The monoisotopic (exact) mass is 426 g/mol. The van der Waals surface area contributed by atoms with Gasteiger partial charge in [-0.05, 0) is 32.8 Å². The Labute approximate surface area is 182 Å². The highest BCUT2D eigenvalue weighted by molar-refractivity contribution is 6.45. The molecule has 31 heavy (non-hydrogen) atoms. The molecule has 1 N–H and O–H groups in total. The second-order valence-electron chi connectivity index (χ2n) is 7.68. The van der Waals surface area contributed by atoms with Gasteiger partial charge in [0, 0.05) is 56.2 Å². The van der Waals surface area contributed by atoms with E-state index in [4.69, 9.17) is 0 Å². The van der Waals surface area contributed by atoms with Crippen molar-refractivity contribution in [2.45, 2.75) is 39.7 Å². The predicted octanol–water partition coefficient (Wildman–Crippen LogP) is 1.82. The van der Waals surface area contributed by atoms with Crippen LogP contribution in [-0.2, 0) is 20.9 Å². The molecule has 1 fully saturated rings. The second kappa shape index (κ2) is 10.2. The molecular weight excluding hydrogens is 396 g/mol. The molecule has 0 radical (unpaired) electrons. The van der Waals surface area contributed by atoms with Gasteiger partial charge in [-0.3, -0.25) is 19.2 Å². The minimum absolute atomic E-state index is 0.0364. The number of fused-ring (bicyclic) bond motifs is 1. The number of amides is 3. The number of carbonyl (C=O) groups is 4. The van der Waals surface area contributed by atoms with Crippen molar-refractivity contribution in [2.24, 2.45) is 0 Å². The fourth-order valence-corrected chi connectivity index (χ4v) is 4.00. The van der Waals surface area contributed by atoms with Crippen molar-refractivity contribution in [1.82, 2.24) is 19.7 Å². The van der Waals surface area contributed by atoms with Crippen LogP contribution >= 0.6 is 0 Å². The average molecular weight is 427 g/mol. The number of benzene rings is 1. The van der Waals surface area contributed by atoms with E-state index in [1.807, 2.05) is 26.0 Å². The molecule has 1 aromatic carbocycles. The summed E-state index contributed by atoms with van der Waals surface area (Å²) in [6.45, 7) is 6.87. The van der Waals surface area contributed by atoms with Crippen LogP contribution in [0.25, 0.3) is 10.9 Å². The van der Waals surface area contributed by atoms with Gasteiger partial charge in [-0.2, -0.15) is 0 Å². The van der Waals surface area contributed by atoms with Crippen LogP contribution in [0.1, 0.15) is 43.5 Å². The standard InChI is InChI=1S/C23H30N4O4/c1-3-25(4-2)21(29)16-27-15-18(17-9-5-6-10-19(17)27)22(30)23(31)24-12-8-14-26-13-7-11-20(26)28/h5-6,9-10,15H,3-4,7-8,11-14,16H2,1-2H3,(H,24,31). The fraction of sp³-hybridized carbons (Fsp3) is 0.478. The molecule has 1 saturated heterocycles. The third-order valence-electron chi connectivity index (χ3n) is 5.72. The zero-order chi connectivity index (χ0) is 22.4. The van der Waals surface area contributed by atoms with E-state index < -0.39 is 11.7 Å². The maximum absolute atomic E-state index is 12.8. The smallest absolute Gasteiger partial charge is 0.292 e. The van der Waals surface area contributed by atoms with Crippen molar-refractivity contribution in [3.8, 4) is 0 Å². The van der Waals surface area contributed by atoms with Gasteiger partial charge in [0.25, 0.3) is 11.7 Å². The minimum Gasteiger partial charge on any atom is -0.349 e. The maximum atomic E-state index is 12.8. The van der Waals surface area contributed by atoms with Gasteiger partial charge in [-0.1, -0.05) is 18.2 Å². The zero-order valence-corrected chi connectivity index (χ0v) is 18.2. The van der Waals surface area contributed by atoms with Gasteiger partial charge in [0.05, 0.1) is 5.56 Å². The lowest BCUT2D eigenvalue weighted by Gasteiger charge is -2.19. The van der Waals surface area contributed by atoms with Crippen molar-refractivity contribution in [3.05, 3.63) is 36.0 Å². The van der Waals surface area contributed by atoms with Gasteiger partial charge >= 0.3 is 0 Å². The number of Topliss-reactive ketones (excluding diaryl/α,β-unsaturated/α-hetero) is 1. The molecule has 8 nitrogen and oxygen atoms in total. The number of nitrogens with zero attached hydrogens (tertiary/aromatic N) is 3. The van der Waals surface area contributed by atoms with E-state index in [1.165, 1.54) is 0 Å². The van der Waals surface area contributed by atoms with Gasteiger partial charge in [0.1, 0.15) is 6.54 Å². The molecule has 0 atom stereocenters. The third-order valence-corrected chi connectivity index (χ3v) is 5.72. The van der Waals surface area contributed by atoms with Crippen LogP contribution in [0.2, 0.25) is 0 Å². The topological polar surface area (TPSA) is 91.7 Å². The molecule has 166 valence electrons. The van der Waals surface area contributed by atoms with E-state index in [0.29, 0.717) is 44.4 Å². The number of likely N-dealkylation sites (tertiary alicyclic amines) is 1. The van der Waals surface area contributed by atoms with Gasteiger partial charge in [-0.15, -0.1) is 0 Å². The highest BCUT2D eigenvalue weighted by atomic mass is 16.2. The van der Waals surface area contributed by atoms with Gasteiger partial charge in [0.2, 0.25) is 11.8 Å². The first-order valence-electron chi connectivity index (χ1n) is 10.9. The molecule has 3 amide bonds. The first-order chi connectivity index (χ1) is 15.0. The van der Waals surface area contributed by atoms with E-state index in [2.05, 4.69) is 5.32 Å². The van der Waals surface area contributed by atoms with E-state index in [-0.39, 0.29) is 23.9 Å². The molecule has 8 heteroatoms. The fourth-order valence-electron chi connectivity index (χ4n) is 4.00. The summed E-state index contributed by atoms with van der Waals surface area (Å²) in [7, 11) is 0. The summed E-state index contributed by atoms with van der Waals surface area (Å²) in [6, 6.07) is 7.27. The van der Waals surface area contributed by atoms with Crippen LogP contribution in [0, 0.1) is 0 Å². The van der Waals surface area contributed by atoms with E-state index in [1.54, 1.807) is 32.7 Å². The number of aromatic nitrogens is 1. The minimum atomic E-state index is -0.675. The van der Waals surface area contributed by atoms with E-state index in [9.17, 15) is 19.2 Å². The molecule has 2 heterocycles. The first-order valence-corrected chi connectivity index (χ1v) is 10.9. The second-order valence-corrected chi connectivity index (χ2v) is 7.68. The highest BCUT2D eigenvalue weighted by Gasteiger charge is 2.23. The van der Waals surface area contributed by atoms with Gasteiger partial charge in [0.15, 0.2) is 0 Å². The Kier molecular flexibility index (Phi) is 7.44. The molecule has 1 aromatic heterocycles. The number of hydrogen-bond donors (Lipinski definition) is 1. The first kappa shape index (κ1) is 22.5. The number of para-hydroxylation sites is 1. The van der Waals surface area contributed by atoms with Crippen LogP contribution in [-0.4, -0.2) is 70.6 Å². The lowest BCUT2D eigenvalue weighted by atomic mass is 10.1. The molecule has 0 unspecified atom stereocenters. The van der Waals surface area contributed by atoms with Crippen LogP contribution < -0.4 is 5.32 Å². The highest BCUT2D eigenvalue weighted by Crippen LogP contribution is 2.22. The number of likely N-dealkylation sites (N-methyl/N-ethyl adjacent to an activating group) is 1. The maximum Gasteiger partial charge on any atom is 0.292 e. The molecule has 2 aromatic rings. The predicted molar refractivity (Wildman–Crippen MR) is 118 cm³/mol. The molecule has 0 aliphatic carbocycles. The summed E-state index contributed by atoms with van der Waals surface area (Å²) >= 11 is 0. The number of hydrogen-bond acceptors (Lipinski definition) is 4. The molecular formula is C23H30N4O4. The quantitative estimate of drug-likeness (QED) is 0.356. The molecule has 0 saturated carbocycles. The Hall–Kier alpha value is -3.16. The Balaban J connectivity index is 1.66. The third kappa shape index (κ3) is 5.13. The molecule has 1 aliphatic rings. The van der Waals surface area contributed by atoms with E-state index >= 15 is 0 Å². The van der Waals surface area contributed by atoms with Gasteiger partial charge < -0.3 is 19.7 Å². The summed E-state index contributed by atoms with van der Waals surface area (Å²) in [5.41, 5.74) is 1.03. The van der Waals surface area contributed by atoms with Gasteiger partial charge in [-0.25, -0.2) is 0 Å². The summed E-state index contributed by atoms with van der Waals surface area (Å²) in [5.74, 6) is -1.19. The number of rotatable bonds is 10. The average Bonchev–Trinajstić information content (AvgIpc) is 3.35. The van der Waals surface area contributed by atoms with Crippen molar-refractivity contribution < 1.29 is 19.2 Å². The Bertz CT molecular complexity index is 977.